The van der Waals surface area contributed by atoms with Crippen LogP contribution in [-0.4, -0.2) is 4.40 Å². The van der Waals surface area contributed by atoms with Gasteiger partial charge in [-0.3, -0.25) is 0 Å². The van der Waals surface area contributed by atoms with E-state index in [1.54, 1.807) is 18.2 Å². The summed E-state index contributed by atoms with van der Waals surface area (Å²) < 4.78 is 2.24. The van der Waals surface area contributed by atoms with E-state index in [-0.39, 0.29) is 0 Å². The third kappa shape index (κ3) is 2.65. The fourth-order valence-electron chi connectivity index (χ4n) is 3.09. The number of aryl methyl sites for hydroxylation is 1. The molecule has 2 rings (SSSR count). The molecule has 2 aromatic rings. The average Bonchev–Trinajstić information content (AvgIpc) is 3.04. The van der Waals surface area contributed by atoms with Gasteiger partial charge in [-0.2, -0.15) is 0 Å². The number of fused-ring (bicyclic) bond motifs is 1. The van der Waals surface area contributed by atoms with Crippen LogP contribution in [0.15, 0.2) is 63.3 Å². The van der Waals surface area contributed by atoms with Crippen LogP contribution in [0.3, 0.4) is 0 Å². The lowest BCUT2D eigenvalue weighted by Gasteiger charge is -2.01. The summed E-state index contributed by atoms with van der Waals surface area (Å²) in [5, 5.41) is 1.10. The first kappa shape index (κ1) is 17.3. The van der Waals surface area contributed by atoms with Gasteiger partial charge < -0.3 is 4.40 Å². The Labute approximate surface area is 144 Å². The van der Waals surface area contributed by atoms with Gasteiger partial charge in [0.25, 0.3) is 0 Å². The summed E-state index contributed by atoms with van der Waals surface area (Å²) in [4.78, 5) is 0. The lowest BCUT2D eigenvalue weighted by Crippen LogP contribution is -2.02. The number of hydrogen-bond donors (Lipinski definition) is 0. The number of nitrogens with zero attached hydrogens (tertiary/aromatic N) is 1. The van der Waals surface area contributed by atoms with Gasteiger partial charge in [0.15, 0.2) is 0 Å². The lowest BCUT2D eigenvalue weighted by atomic mass is 10.1. The molecule has 0 atom stereocenters. The summed E-state index contributed by atoms with van der Waals surface area (Å²) in [5.41, 5.74) is 6.65. The molecule has 0 aliphatic carbocycles. The van der Waals surface area contributed by atoms with Crippen LogP contribution in [0.1, 0.15) is 28.1 Å². The van der Waals surface area contributed by atoms with Crippen molar-refractivity contribution in [1.29, 1.82) is 0 Å². The van der Waals surface area contributed by atoms with Crippen molar-refractivity contribution < 1.29 is 0 Å². The van der Waals surface area contributed by atoms with Crippen molar-refractivity contribution in [2.24, 2.45) is 0 Å². The first-order valence-corrected chi connectivity index (χ1v) is 7.82. The normalized spacial score (nSPS) is 12.3. The Kier molecular flexibility index (Phi) is 5.39. The standard InChI is InChI=1S/C23H23N/c1-7-12-15-20-17(6)24-22(16-13-8-2)18(10-4)21(14-9-3)23(24)19(20)11-5/h7-16H,1-5H2,6H3/b15-12-,16-13-,21-14-. The Morgan fingerprint density at radius 3 is 1.92 bits per heavy atom. The Bertz CT molecular complexity index is 943. The molecule has 0 N–H and O–H groups in total. The molecule has 120 valence electrons. The molecule has 0 bridgehead atoms. The Morgan fingerprint density at radius 2 is 1.38 bits per heavy atom. The third-order valence-electron chi connectivity index (χ3n) is 4.04. The molecule has 0 saturated heterocycles. The highest BCUT2D eigenvalue weighted by molar-refractivity contribution is 5.87. The van der Waals surface area contributed by atoms with Crippen molar-refractivity contribution in [3.8, 4) is 0 Å². The first-order valence-electron chi connectivity index (χ1n) is 7.82. The zero-order valence-electron chi connectivity index (χ0n) is 14.3. The molecular formula is C23H23N. The van der Waals surface area contributed by atoms with Crippen molar-refractivity contribution in [2.45, 2.75) is 6.92 Å². The minimum atomic E-state index is 1.08. The Balaban J connectivity index is 3.13. The predicted octanol–water partition coefficient (Wildman–Crippen LogP) is 5.62. The van der Waals surface area contributed by atoms with E-state index in [2.05, 4.69) is 56.4 Å². The number of allylic oxidation sites excluding steroid dienone is 5. The molecule has 0 aliphatic heterocycles. The average molecular weight is 313 g/mol. The minimum absolute atomic E-state index is 1.08. The molecule has 0 spiro atoms. The summed E-state index contributed by atoms with van der Waals surface area (Å²) in [6, 6.07) is 0. The highest BCUT2D eigenvalue weighted by atomic mass is 14.9. The molecule has 0 amide bonds. The maximum absolute atomic E-state index is 4.02. The van der Waals surface area contributed by atoms with Crippen molar-refractivity contribution in [3.63, 3.8) is 0 Å². The molecule has 2 aromatic heterocycles. The molecule has 1 nitrogen and oxygen atoms in total. The molecule has 0 radical (unpaired) electrons. The van der Waals surface area contributed by atoms with Crippen LogP contribution in [0.25, 0.3) is 35.9 Å². The van der Waals surface area contributed by atoms with Crippen molar-refractivity contribution in [3.05, 3.63) is 96.6 Å². The first-order chi connectivity index (χ1) is 11.7. The fourth-order valence-corrected chi connectivity index (χ4v) is 3.09. The molecule has 0 fully saturated rings. The van der Waals surface area contributed by atoms with Crippen LogP contribution in [0.2, 0.25) is 0 Å². The van der Waals surface area contributed by atoms with Crippen LogP contribution in [-0.2, 0) is 0 Å². The van der Waals surface area contributed by atoms with Gasteiger partial charge in [0.05, 0.1) is 11.2 Å². The van der Waals surface area contributed by atoms with E-state index in [0.717, 1.165) is 38.8 Å². The van der Waals surface area contributed by atoms with Crippen molar-refractivity contribution in [1.82, 2.24) is 4.40 Å². The van der Waals surface area contributed by atoms with Gasteiger partial charge in [-0.25, -0.2) is 0 Å². The summed E-state index contributed by atoms with van der Waals surface area (Å²) in [7, 11) is 0. The SMILES string of the molecule is C=C/C=C\c1c(C=C)c2/c(=C\C=C)c(C=C)c(/C=C\C=C)n2c1C. The summed E-state index contributed by atoms with van der Waals surface area (Å²) in [5.74, 6) is 0. The quantitative estimate of drug-likeness (QED) is 0.585. The zero-order chi connectivity index (χ0) is 17.7. The largest absolute Gasteiger partial charge is 0.312 e. The highest BCUT2D eigenvalue weighted by Crippen LogP contribution is 2.29. The summed E-state index contributed by atoms with van der Waals surface area (Å²) in [6.07, 6.45) is 19.2. The highest BCUT2D eigenvalue weighted by Gasteiger charge is 2.19. The Morgan fingerprint density at radius 1 is 0.750 bits per heavy atom. The monoisotopic (exact) mass is 313 g/mol. The molecular weight excluding hydrogens is 290 g/mol. The minimum Gasteiger partial charge on any atom is -0.312 e. The van der Waals surface area contributed by atoms with Crippen molar-refractivity contribution in [2.75, 3.05) is 0 Å². The second-order valence-corrected chi connectivity index (χ2v) is 5.31. The molecule has 0 aliphatic rings. The van der Waals surface area contributed by atoms with Gasteiger partial charge in [0.1, 0.15) is 0 Å². The summed E-state index contributed by atoms with van der Waals surface area (Å²) in [6.45, 7) is 21.5. The van der Waals surface area contributed by atoms with Crippen LogP contribution in [0.5, 0.6) is 0 Å². The van der Waals surface area contributed by atoms with E-state index in [4.69, 9.17) is 0 Å². The maximum atomic E-state index is 4.02. The van der Waals surface area contributed by atoms with E-state index in [0.29, 0.717) is 0 Å². The van der Waals surface area contributed by atoms with E-state index >= 15 is 0 Å². The van der Waals surface area contributed by atoms with Crippen LogP contribution in [0.4, 0.5) is 0 Å². The van der Waals surface area contributed by atoms with Gasteiger partial charge >= 0.3 is 0 Å². The van der Waals surface area contributed by atoms with Crippen LogP contribution in [0, 0.1) is 6.92 Å². The van der Waals surface area contributed by atoms with E-state index in [9.17, 15) is 0 Å². The molecule has 0 aromatic carbocycles. The van der Waals surface area contributed by atoms with Gasteiger partial charge in [-0.15, -0.1) is 0 Å². The van der Waals surface area contributed by atoms with E-state index < -0.39 is 0 Å². The number of hydrogen-bond acceptors (Lipinski definition) is 0. The molecule has 24 heavy (non-hydrogen) atoms. The van der Waals surface area contributed by atoms with E-state index in [1.807, 2.05) is 30.4 Å². The van der Waals surface area contributed by atoms with Crippen LogP contribution < -0.4 is 5.22 Å². The maximum Gasteiger partial charge on any atom is 0.0616 e. The zero-order valence-corrected chi connectivity index (χ0v) is 14.3. The van der Waals surface area contributed by atoms with Gasteiger partial charge in [-0.1, -0.05) is 87.6 Å². The summed E-state index contributed by atoms with van der Waals surface area (Å²) >= 11 is 0. The van der Waals surface area contributed by atoms with Crippen molar-refractivity contribution >= 4 is 35.9 Å². The van der Waals surface area contributed by atoms with Gasteiger partial charge in [-0.05, 0) is 13.0 Å². The molecule has 1 heteroatoms. The fraction of sp³-hybridized carbons (Fsp3) is 0.0435. The number of rotatable bonds is 7. The third-order valence-corrected chi connectivity index (χ3v) is 4.04. The van der Waals surface area contributed by atoms with E-state index in [1.165, 1.54) is 0 Å². The second kappa shape index (κ2) is 7.47. The molecule has 0 saturated carbocycles. The lowest BCUT2D eigenvalue weighted by molar-refractivity contribution is 1.11. The van der Waals surface area contributed by atoms with Crippen LogP contribution >= 0.6 is 0 Å². The second-order valence-electron chi connectivity index (χ2n) is 5.31. The molecule has 2 heterocycles. The topological polar surface area (TPSA) is 4.41 Å². The molecule has 0 unspecified atom stereocenters. The number of aromatic nitrogens is 1. The van der Waals surface area contributed by atoms with Gasteiger partial charge in [0.2, 0.25) is 0 Å². The Hall–Kier alpha value is -3.06. The predicted molar refractivity (Wildman–Crippen MR) is 111 cm³/mol. The van der Waals surface area contributed by atoms with Gasteiger partial charge in [0, 0.05) is 27.6 Å². The smallest absolute Gasteiger partial charge is 0.0616 e.